The van der Waals surface area contributed by atoms with E-state index in [0.717, 1.165) is 24.3 Å². The molecule has 0 spiro atoms. The summed E-state index contributed by atoms with van der Waals surface area (Å²) in [5.74, 6) is 0.722. The second kappa shape index (κ2) is 9.93. The van der Waals surface area contributed by atoms with Crippen molar-refractivity contribution in [2.45, 2.75) is 32.4 Å². The number of esters is 1. The van der Waals surface area contributed by atoms with Crippen molar-refractivity contribution >= 4 is 34.9 Å². The van der Waals surface area contributed by atoms with Gasteiger partial charge in [0.25, 0.3) is 0 Å². The van der Waals surface area contributed by atoms with Crippen molar-refractivity contribution in [3.05, 3.63) is 29.8 Å². The van der Waals surface area contributed by atoms with Crippen LogP contribution in [0.25, 0.3) is 0 Å². The van der Waals surface area contributed by atoms with Crippen LogP contribution < -0.4 is 10.6 Å². The molecule has 0 bridgehead atoms. The first-order valence-corrected chi connectivity index (χ1v) is 8.46. The van der Waals surface area contributed by atoms with Crippen molar-refractivity contribution in [2.75, 3.05) is 29.7 Å². The van der Waals surface area contributed by atoms with E-state index in [9.17, 15) is 4.79 Å². The van der Waals surface area contributed by atoms with Gasteiger partial charge in [-0.1, -0.05) is 12.1 Å². The number of halogens is 2. The van der Waals surface area contributed by atoms with Gasteiger partial charge in [-0.05, 0) is 38.0 Å². The number of benzene rings is 1. The molecule has 0 unspecified atom stereocenters. The molecule has 6 heteroatoms. The van der Waals surface area contributed by atoms with Crippen LogP contribution in [0.2, 0.25) is 0 Å². The van der Waals surface area contributed by atoms with Crippen LogP contribution >= 0.6 is 23.2 Å². The average molecular weight is 347 g/mol. The van der Waals surface area contributed by atoms with E-state index in [1.54, 1.807) is 0 Å². The molecule has 124 valence electrons. The molecule has 0 aliphatic heterocycles. The Labute approximate surface area is 142 Å². The summed E-state index contributed by atoms with van der Waals surface area (Å²) < 4.78 is 5.11. The predicted octanol–water partition coefficient (Wildman–Crippen LogP) is 2.79. The van der Waals surface area contributed by atoms with Gasteiger partial charge in [0, 0.05) is 30.5 Å². The lowest BCUT2D eigenvalue weighted by atomic mass is 10.1. The van der Waals surface area contributed by atoms with Gasteiger partial charge < -0.3 is 15.4 Å². The van der Waals surface area contributed by atoms with E-state index >= 15 is 0 Å². The van der Waals surface area contributed by atoms with Gasteiger partial charge in [0.1, 0.15) is 6.04 Å². The third-order valence-corrected chi connectivity index (χ3v) is 3.46. The third-order valence-electron chi connectivity index (χ3n) is 3.12. The molecule has 0 aliphatic rings. The number of carbonyl (C=O) groups is 1. The molecule has 1 aromatic carbocycles. The van der Waals surface area contributed by atoms with E-state index in [1.807, 2.05) is 38.1 Å². The van der Waals surface area contributed by atoms with Crippen LogP contribution in [0.5, 0.6) is 0 Å². The molecular weight excluding hydrogens is 323 g/mol. The predicted molar refractivity (Wildman–Crippen MR) is 93.0 cm³/mol. The lowest BCUT2D eigenvalue weighted by Gasteiger charge is -2.23. The first-order valence-electron chi connectivity index (χ1n) is 7.39. The summed E-state index contributed by atoms with van der Waals surface area (Å²) in [7, 11) is 0. The van der Waals surface area contributed by atoms with Crippen LogP contribution in [0.1, 0.15) is 19.4 Å². The fourth-order valence-corrected chi connectivity index (χ4v) is 2.48. The van der Waals surface area contributed by atoms with Crippen LogP contribution in [0.15, 0.2) is 24.3 Å². The first-order chi connectivity index (χ1) is 10.5. The zero-order valence-electron chi connectivity index (χ0n) is 13.1. The molecule has 0 radical (unpaired) electrons. The molecule has 1 rings (SSSR count). The van der Waals surface area contributed by atoms with Crippen LogP contribution in [0, 0.1) is 0 Å². The van der Waals surface area contributed by atoms with E-state index in [2.05, 4.69) is 4.90 Å². The number of carbonyl (C=O) groups excluding carboxylic acids is 1. The van der Waals surface area contributed by atoms with Crippen molar-refractivity contribution in [1.82, 2.24) is 0 Å². The molecule has 0 heterocycles. The highest BCUT2D eigenvalue weighted by molar-refractivity contribution is 6.18. The van der Waals surface area contributed by atoms with Gasteiger partial charge in [-0.25, -0.2) is 0 Å². The van der Waals surface area contributed by atoms with E-state index in [0.29, 0.717) is 18.2 Å². The van der Waals surface area contributed by atoms with Crippen molar-refractivity contribution in [3.8, 4) is 0 Å². The average Bonchev–Trinajstić information content (AvgIpc) is 2.47. The molecule has 0 aliphatic carbocycles. The summed E-state index contributed by atoms with van der Waals surface area (Å²) in [4.78, 5) is 13.8. The Morgan fingerprint density at radius 2 is 1.73 bits per heavy atom. The number of rotatable bonds is 9. The molecule has 0 saturated heterocycles. The number of nitrogens with two attached hydrogens (primary N) is 1. The zero-order valence-corrected chi connectivity index (χ0v) is 14.6. The minimum absolute atomic E-state index is 0.152. The van der Waals surface area contributed by atoms with Crippen LogP contribution in [-0.2, 0) is 16.0 Å². The van der Waals surface area contributed by atoms with E-state index < -0.39 is 6.04 Å². The number of anilines is 1. The lowest BCUT2D eigenvalue weighted by Crippen LogP contribution is -2.35. The second-order valence-electron chi connectivity index (χ2n) is 5.33. The number of hydrogen-bond acceptors (Lipinski definition) is 4. The first kappa shape index (κ1) is 19.1. The number of hydrogen-bond donors (Lipinski definition) is 1. The monoisotopic (exact) mass is 346 g/mol. The summed E-state index contributed by atoms with van der Waals surface area (Å²) in [5.41, 5.74) is 7.92. The van der Waals surface area contributed by atoms with Gasteiger partial charge in [0.15, 0.2) is 0 Å². The van der Waals surface area contributed by atoms with Gasteiger partial charge in [0.2, 0.25) is 0 Å². The zero-order chi connectivity index (χ0) is 16.5. The van der Waals surface area contributed by atoms with Crippen molar-refractivity contribution in [3.63, 3.8) is 0 Å². The highest BCUT2D eigenvalue weighted by Crippen LogP contribution is 2.16. The van der Waals surface area contributed by atoms with Gasteiger partial charge in [-0.2, -0.15) is 0 Å². The summed E-state index contributed by atoms with van der Waals surface area (Å²) >= 11 is 11.6. The Kier molecular flexibility index (Phi) is 8.61. The maximum absolute atomic E-state index is 11.7. The maximum atomic E-state index is 11.7. The Morgan fingerprint density at radius 3 is 2.18 bits per heavy atom. The number of nitrogens with zero attached hydrogens (tertiary/aromatic N) is 1. The quantitative estimate of drug-likeness (QED) is 0.551. The normalized spacial score (nSPS) is 12.3. The summed E-state index contributed by atoms with van der Waals surface area (Å²) in [6.07, 6.45) is 0.303. The van der Waals surface area contributed by atoms with Crippen LogP contribution in [-0.4, -0.2) is 43.0 Å². The van der Waals surface area contributed by atoms with Crippen molar-refractivity contribution < 1.29 is 9.53 Å². The molecule has 1 aromatic rings. The van der Waals surface area contributed by atoms with E-state index in [4.69, 9.17) is 33.7 Å². The molecule has 1 atom stereocenters. The topological polar surface area (TPSA) is 55.6 Å². The van der Waals surface area contributed by atoms with Gasteiger partial charge in [0.05, 0.1) is 6.10 Å². The largest absolute Gasteiger partial charge is 0.462 e. The van der Waals surface area contributed by atoms with Crippen LogP contribution in [0.4, 0.5) is 5.69 Å². The fraction of sp³-hybridized carbons (Fsp3) is 0.562. The molecule has 0 amide bonds. The molecule has 0 saturated carbocycles. The standard InChI is InChI=1S/C16H24Cl2N2O2/c1-12(2)22-16(21)15(19)11-13-3-5-14(6-4-13)20(9-7-17)10-8-18/h3-6,12,15H,7-11,19H2,1-2H3/t15-/m0/s1. The van der Waals surface area contributed by atoms with Gasteiger partial charge in [-0.3, -0.25) is 4.79 Å². The Morgan fingerprint density at radius 1 is 1.18 bits per heavy atom. The highest BCUT2D eigenvalue weighted by Gasteiger charge is 2.17. The summed E-state index contributed by atoms with van der Waals surface area (Å²) in [6.45, 7) is 5.10. The molecule has 4 nitrogen and oxygen atoms in total. The Bertz CT molecular complexity index is 446. The molecular formula is C16H24Cl2N2O2. The summed E-state index contributed by atoms with van der Waals surface area (Å²) in [5, 5.41) is 0. The maximum Gasteiger partial charge on any atom is 0.323 e. The van der Waals surface area contributed by atoms with Crippen molar-refractivity contribution in [1.29, 1.82) is 0 Å². The minimum atomic E-state index is -0.643. The van der Waals surface area contributed by atoms with Crippen LogP contribution in [0.3, 0.4) is 0 Å². The Hall–Kier alpha value is -0.970. The summed E-state index contributed by atoms with van der Waals surface area (Å²) in [6, 6.07) is 7.28. The Balaban J connectivity index is 2.65. The highest BCUT2D eigenvalue weighted by atomic mass is 35.5. The van der Waals surface area contributed by atoms with Gasteiger partial charge >= 0.3 is 5.97 Å². The molecule has 2 N–H and O–H groups in total. The molecule has 0 fully saturated rings. The third kappa shape index (κ3) is 6.42. The van der Waals surface area contributed by atoms with E-state index in [-0.39, 0.29) is 12.1 Å². The van der Waals surface area contributed by atoms with Gasteiger partial charge in [-0.15, -0.1) is 23.2 Å². The molecule has 22 heavy (non-hydrogen) atoms. The lowest BCUT2D eigenvalue weighted by molar-refractivity contribution is -0.148. The fourth-order valence-electron chi connectivity index (χ4n) is 2.07. The number of alkyl halides is 2. The minimum Gasteiger partial charge on any atom is -0.462 e. The number of ether oxygens (including phenoxy) is 1. The van der Waals surface area contributed by atoms with E-state index in [1.165, 1.54) is 0 Å². The van der Waals surface area contributed by atoms with Crippen molar-refractivity contribution in [2.24, 2.45) is 5.73 Å². The second-order valence-corrected chi connectivity index (χ2v) is 6.08. The smallest absolute Gasteiger partial charge is 0.323 e. The SMILES string of the molecule is CC(C)OC(=O)[C@@H](N)Cc1ccc(N(CCCl)CCCl)cc1. The molecule has 0 aromatic heterocycles.